The monoisotopic (exact) mass is 267 g/mol. The molecule has 0 atom stereocenters. The largest absolute Gasteiger partial charge is 0.268 e. The van der Waals surface area contributed by atoms with E-state index >= 15 is 0 Å². The predicted octanol–water partition coefficient (Wildman–Crippen LogP) is 3.61. The van der Waals surface area contributed by atoms with Crippen molar-refractivity contribution >= 4 is 12.2 Å². The molecule has 94 valence electrons. The van der Waals surface area contributed by atoms with E-state index in [-0.39, 0.29) is 0 Å². The van der Waals surface area contributed by atoms with Crippen molar-refractivity contribution in [1.82, 2.24) is 14.3 Å². The lowest BCUT2D eigenvalue weighted by Gasteiger charge is -2.06. The zero-order chi connectivity index (χ0) is 13.2. The van der Waals surface area contributed by atoms with Crippen molar-refractivity contribution in [3.63, 3.8) is 0 Å². The zero-order valence-electron chi connectivity index (χ0n) is 10.5. The molecule has 2 aromatic carbocycles. The maximum Gasteiger partial charge on any atom is 0.202 e. The predicted molar refractivity (Wildman–Crippen MR) is 78.8 cm³/mol. The minimum absolute atomic E-state index is 0.685. The summed E-state index contributed by atoms with van der Waals surface area (Å²) in [6.45, 7) is 0. The Labute approximate surface area is 116 Å². The van der Waals surface area contributed by atoms with Crippen LogP contribution in [0.4, 0.5) is 0 Å². The minimum Gasteiger partial charge on any atom is -0.268 e. The molecule has 4 heteroatoms. The third kappa shape index (κ3) is 2.11. The van der Waals surface area contributed by atoms with Crippen LogP contribution < -0.4 is 0 Å². The molecule has 0 unspecified atom stereocenters. The van der Waals surface area contributed by atoms with Gasteiger partial charge in [-0.2, -0.15) is 5.10 Å². The molecule has 0 spiro atoms. The second-order valence-electron chi connectivity index (χ2n) is 4.27. The highest BCUT2D eigenvalue weighted by molar-refractivity contribution is 7.71. The van der Waals surface area contributed by atoms with Crippen LogP contribution in [0.15, 0.2) is 60.7 Å². The molecule has 0 aliphatic heterocycles. The summed E-state index contributed by atoms with van der Waals surface area (Å²) < 4.78 is 4.40. The van der Waals surface area contributed by atoms with Gasteiger partial charge in [0.05, 0.1) is 0 Å². The zero-order valence-corrected chi connectivity index (χ0v) is 11.3. The maximum atomic E-state index is 5.46. The molecule has 1 heterocycles. The maximum absolute atomic E-state index is 5.46. The first-order chi connectivity index (χ1) is 9.27. The Hall–Kier alpha value is -2.20. The van der Waals surface area contributed by atoms with E-state index in [9.17, 15) is 0 Å². The number of aromatic nitrogens is 3. The lowest BCUT2D eigenvalue weighted by molar-refractivity contribution is 0.750. The number of rotatable bonds is 2. The van der Waals surface area contributed by atoms with E-state index in [0.29, 0.717) is 4.77 Å². The van der Waals surface area contributed by atoms with Crippen molar-refractivity contribution < 1.29 is 0 Å². The van der Waals surface area contributed by atoms with E-state index < -0.39 is 0 Å². The summed E-state index contributed by atoms with van der Waals surface area (Å²) in [6.07, 6.45) is 0. The Morgan fingerprint density at radius 1 is 0.895 bits per heavy atom. The van der Waals surface area contributed by atoms with Crippen LogP contribution in [0.3, 0.4) is 0 Å². The molecule has 0 saturated heterocycles. The van der Waals surface area contributed by atoms with Gasteiger partial charge in [0.15, 0.2) is 5.82 Å². The summed E-state index contributed by atoms with van der Waals surface area (Å²) in [5.41, 5.74) is 2.08. The lowest BCUT2D eigenvalue weighted by Crippen LogP contribution is -1.97. The van der Waals surface area contributed by atoms with Crippen molar-refractivity contribution in [2.24, 2.45) is 7.05 Å². The van der Waals surface area contributed by atoms with Crippen molar-refractivity contribution in [3.8, 4) is 17.1 Å². The molecule has 0 bridgehead atoms. The highest BCUT2D eigenvalue weighted by Crippen LogP contribution is 2.21. The molecule has 3 nitrogen and oxygen atoms in total. The van der Waals surface area contributed by atoms with Gasteiger partial charge < -0.3 is 0 Å². The van der Waals surface area contributed by atoms with Gasteiger partial charge in [-0.15, -0.1) is 0 Å². The number of nitrogens with zero attached hydrogens (tertiary/aromatic N) is 3. The summed E-state index contributed by atoms with van der Waals surface area (Å²) in [7, 11) is 1.87. The molecule has 0 fully saturated rings. The second-order valence-corrected chi connectivity index (χ2v) is 4.63. The van der Waals surface area contributed by atoms with Gasteiger partial charge in [-0.3, -0.25) is 4.57 Å². The van der Waals surface area contributed by atoms with Crippen LogP contribution in [0.5, 0.6) is 0 Å². The molecular formula is C15H13N3S. The first-order valence-electron chi connectivity index (χ1n) is 6.04. The first-order valence-corrected chi connectivity index (χ1v) is 6.45. The molecule has 1 aromatic heterocycles. The second kappa shape index (κ2) is 4.82. The number of benzene rings is 2. The third-order valence-corrected chi connectivity index (χ3v) is 3.42. The molecule has 3 rings (SSSR count). The fraction of sp³-hybridized carbons (Fsp3) is 0.0667. The van der Waals surface area contributed by atoms with Gasteiger partial charge in [0.2, 0.25) is 4.77 Å². The molecule has 0 aliphatic carbocycles. The van der Waals surface area contributed by atoms with E-state index in [1.807, 2.05) is 72.3 Å². The molecule has 0 N–H and O–H groups in total. The smallest absolute Gasteiger partial charge is 0.202 e. The quantitative estimate of drug-likeness (QED) is 0.662. The van der Waals surface area contributed by atoms with Gasteiger partial charge in [-0.1, -0.05) is 48.5 Å². The lowest BCUT2D eigenvalue weighted by atomic mass is 10.2. The fourth-order valence-corrected chi connectivity index (χ4v) is 2.28. The average molecular weight is 267 g/mol. The van der Waals surface area contributed by atoms with Crippen molar-refractivity contribution in [3.05, 3.63) is 65.4 Å². The Bertz CT molecular complexity index is 742. The van der Waals surface area contributed by atoms with Crippen LogP contribution in [-0.2, 0) is 7.05 Å². The Kier molecular flexibility index (Phi) is 3.01. The van der Waals surface area contributed by atoms with Crippen LogP contribution in [-0.4, -0.2) is 14.3 Å². The highest BCUT2D eigenvalue weighted by Gasteiger charge is 2.11. The van der Waals surface area contributed by atoms with Gasteiger partial charge in [-0.05, 0) is 24.4 Å². The van der Waals surface area contributed by atoms with Crippen molar-refractivity contribution in [1.29, 1.82) is 0 Å². The van der Waals surface area contributed by atoms with Gasteiger partial charge in [0.1, 0.15) is 0 Å². The molecule has 0 saturated carbocycles. The molecular weight excluding hydrogens is 254 g/mol. The average Bonchev–Trinajstić information content (AvgIpc) is 2.77. The molecule has 19 heavy (non-hydrogen) atoms. The third-order valence-electron chi connectivity index (χ3n) is 2.97. The normalized spacial score (nSPS) is 10.6. The van der Waals surface area contributed by atoms with E-state index in [0.717, 1.165) is 17.1 Å². The minimum atomic E-state index is 0.685. The first kappa shape index (κ1) is 11.9. The molecule has 0 aliphatic rings. The Balaban J connectivity index is 2.28. The van der Waals surface area contributed by atoms with Crippen LogP contribution in [0.25, 0.3) is 17.1 Å². The van der Waals surface area contributed by atoms with Gasteiger partial charge in [0, 0.05) is 18.3 Å². The number of hydrogen-bond donors (Lipinski definition) is 0. The van der Waals surface area contributed by atoms with Crippen LogP contribution in [0, 0.1) is 4.77 Å². The number of aryl methyl sites for hydroxylation is 1. The Morgan fingerprint density at radius 2 is 1.47 bits per heavy atom. The summed E-state index contributed by atoms with van der Waals surface area (Å²) in [5, 5.41) is 4.53. The summed E-state index contributed by atoms with van der Waals surface area (Å²) in [6, 6.07) is 20.1. The topological polar surface area (TPSA) is 22.8 Å². The number of para-hydroxylation sites is 1. The van der Waals surface area contributed by atoms with Gasteiger partial charge in [0.25, 0.3) is 0 Å². The van der Waals surface area contributed by atoms with Crippen molar-refractivity contribution in [2.45, 2.75) is 0 Å². The SMILES string of the molecule is Cn1nc(-c2ccccc2)n(-c2ccccc2)c1=S. The summed E-state index contributed by atoms with van der Waals surface area (Å²) >= 11 is 5.46. The van der Waals surface area contributed by atoms with Crippen molar-refractivity contribution in [2.75, 3.05) is 0 Å². The van der Waals surface area contributed by atoms with E-state index in [4.69, 9.17) is 12.2 Å². The van der Waals surface area contributed by atoms with Gasteiger partial charge in [-0.25, -0.2) is 4.68 Å². The standard InChI is InChI=1S/C15H13N3S/c1-17-15(19)18(13-10-6-3-7-11-13)14(16-17)12-8-4-2-5-9-12/h2-11H,1H3. The van der Waals surface area contributed by atoms with E-state index in [2.05, 4.69) is 5.10 Å². The number of hydrogen-bond acceptors (Lipinski definition) is 2. The molecule has 3 aromatic rings. The van der Waals surface area contributed by atoms with Crippen LogP contribution in [0.1, 0.15) is 0 Å². The summed E-state index contributed by atoms with van der Waals surface area (Å²) in [4.78, 5) is 0. The molecule has 0 radical (unpaired) electrons. The molecule has 0 amide bonds. The fourth-order valence-electron chi connectivity index (χ4n) is 2.05. The van der Waals surface area contributed by atoms with Crippen LogP contribution in [0.2, 0.25) is 0 Å². The Morgan fingerprint density at radius 3 is 2.11 bits per heavy atom. The van der Waals surface area contributed by atoms with E-state index in [1.165, 1.54) is 0 Å². The van der Waals surface area contributed by atoms with Gasteiger partial charge >= 0.3 is 0 Å². The van der Waals surface area contributed by atoms with Crippen LogP contribution >= 0.6 is 12.2 Å². The van der Waals surface area contributed by atoms with E-state index in [1.54, 1.807) is 4.68 Å². The highest BCUT2D eigenvalue weighted by atomic mass is 32.1. The summed E-state index contributed by atoms with van der Waals surface area (Å²) in [5.74, 6) is 0.860.